The van der Waals surface area contributed by atoms with Crippen LogP contribution in [0.15, 0.2) is 24.3 Å². The molecule has 0 atom stereocenters. The molecule has 0 spiro atoms. The molecule has 0 radical (unpaired) electrons. The number of benzene rings is 1. The summed E-state index contributed by atoms with van der Waals surface area (Å²) >= 11 is 1.42. The van der Waals surface area contributed by atoms with Gasteiger partial charge in [0.15, 0.2) is 10.8 Å². The van der Waals surface area contributed by atoms with Crippen LogP contribution < -0.4 is 0 Å². The summed E-state index contributed by atoms with van der Waals surface area (Å²) < 4.78 is 17.4. The molecule has 23 heavy (non-hydrogen) atoms. The Bertz CT molecular complexity index is 1030. The van der Waals surface area contributed by atoms with E-state index in [-0.39, 0.29) is 5.82 Å². The summed E-state index contributed by atoms with van der Waals surface area (Å²) in [6, 6.07) is 6.48. The van der Waals surface area contributed by atoms with Gasteiger partial charge in [-0.3, -0.25) is 4.68 Å². The molecule has 4 aromatic rings. The first-order chi connectivity index (χ1) is 11.1. The van der Waals surface area contributed by atoms with Gasteiger partial charge in [0.25, 0.3) is 0 Å². The van der Waals surface area contributed by atoms with Gasteiger partial charge in [0.2, 0.25) is 4.96 Å². The van der Waals surface area contributed by atoms with E-state index in [1.807, 2.05) is 25.6 Å². The van der Waals surface area contributed by atoms with Crippen LogP contribution in [0, 0.1) is 19.7 Å². The number of aromatic nitrogens is 6. The van der Waals surface area contributed by atoms with Gasteiger partial charge in [0.05, 0.1) is 16.8 Å². The fraction of sp³-hybridized carbons (Fsp3) is 0.200. The molecule has 8 heteroatoms. The van der Waals surface area contributed by atoms with Crippen LogP contribution in [0.4, 0.5) is 4.39 Å². The zero-order valence-corrected chi connectivity index (χ0v) is 13.6. The van der Waals surface area contributed by atoms with Crippen molar-refractivity contribution >= 4 is 16.3 Å². The minimum Gasteiger partial charge on any atom is -0.272 e. The lowest BCUT2D eigenvalue weighted by molar-refractivity contribution is 0.629. The Kier molecular flexibility index (Phi) is 3.02. The van der Waals surface area contributed by atoms with Crippen LogP contribution >= 0.6 is 11.3 Å². The molecule has 1 aromatic carbocycles. The minimum atomic E-state index is -0.343. The van der Waals surface area contributed by atoms with Crippen molar-refractivity contribution in [2.45, 2.75) is 13.8 Å². The standard InChI is InChI=1S/C15H13FN6S/c1-8-12(9(2)21(3)19-8)14-20-22-13(17-18-15(22)23-14)10-6-4-5-7-11(10)16/h4-7H,1-3H3. The van der Waals surface area contributed by atoms with Crippen LogP contribution in [0.5, 0.6) is 0 Å². The van der Waals surface area contributed by atoms with Gasteiger partial charge in [-0.25, -0.2) is 4.39 Å². The maximum Gasteiger partial charge on any atom is 0.235 e. The van der Waals surface area contributed by atoms with Crippen molar-refractivity contribution in [3.63, 3.8) is 0 Å². The number of aryl methyl sites for hydroxylation is 2. The molecule has 0 saturated heterocycles. The normalized spacial score (nSPS) is 11.5. The first-order valence-electron chi connectivity index (χ1n) is 7.04. The second-order valence-corrected chi connectivity index (χ2v) is 6.23. The first-order valence-corrected chi connectivity index (χ1v) is 7.85. The number of hydrogen-bond donors (Lipinski definition) is 0. The van der Waals surface area contributed by atoms with E-state index in [0.29, 0.717) is 16.3 Å². The van der Waals surface area contributed by atoms with Crippen molar-refractivity contribution < 1.29 is 4.39 Å². The van der Waals surface area contributed by atoms with E-state index in [2.05, 4.69) is 20.4 Å². The van der Waals surface area contributed by atoms with E-state index in [4.69, 9.17) is 0 Å². The maximum absolute atomic E-state index is 14.0. The Labute approximate surface area is 135 Å². The molecule has 0 N–H and O–H groups in total. The van der Waals surface area contributed by atoms with Crippen LogP contribution in [0.2, 0.25) is 0 Å². The predicted molar refractivity (Wildman–Crippen MR) is 85.7 cm³/mol. The summed E-state index contributed by atoms with van der Waals surface area (Å²) in [6.45, 7) is 3.94. The van der Waals surface area contributed by atoms with E-state index in [1.54, 1.807) is 22.7 Å². The highest BCUT2D eigenvalue weighted by Crippen LogP contribution is 2.32. The first kappa shape index (κ1) is 14.0. The monoisotopic (exact) mass is 328 g/mol. The fourth-order valence-corrected chi connectivity index (χ4v) is 3.60. The number of halogens is 1. The summed E-state index contributed by atoms with van der Waals surface area (Å²) in [5.41, 5.74) is 3.31. The van der Waals surface area contributed by atoms with Gasteiger partial charge in [-0.15, -0.1) is 10.2 Å². The minimum absolute atomic E-state index is 0.343. The third kappa shape index (κ3) is 2.06. The van der Waals surface area contributed by atoms with Gasteiger partial charge in [-0.05, 0) is 26.0 Å². The second-order valence-electron chi connectivity index (χ2n) is 5.27. The van der Waals surface area contributed by atoms with E-state index < -0.39 is 0 Å². The van der Waals surface area contributed by atoms with Crippen molar-refractivity contribution in [3.8, 4) is 22.0 Å². The Morgan fingerprint density at radius 3 is 2.57 bits per heavy atom. The van der Waals surface area contributed by atoms with E-state index >= 15 is 0 Å². The van der Waals surface area contributed by atoms with Gasteiger partial charge >= 0.3 is 0 Å². The van der Waals surface area contributed by atoms with Crippen molar-refractivity contribution in [1.82, 2.24) is 29.6 Å². The van der Waals surface area contributed by atoms with Crippen molar-refractivity contribution in [2.24, 2.45) is 7.05 Å². The van der Waals surface area contributed by atoms with Crippen LogP contribution in [0.25, 0.3) is 26.9 Å². The lowest BCUT2D eigenvalue weighted by atomic mass is 10.2. The molecule has 0 unspecified atom stereocenters. The van der Waals surface area contributed by atoms with Crippen LogP contribution in [0.1, 0.15) is 11.4 Å². The third-order valence-corrected chi connectivity index (χ3v) is 4.74. The average Bonchev–Trinajstić information content (AvgIpc) is 3.14. The Hall–Kier alpha value is -2.61. The van der Waals surface area contributed by atoms with Gasteiger partial charge in [0.1, 0.15) is 5.82 Å². The molecule has 6 nitrogen and oxygen atoms in total. The molecule has 3 heterocycles. The number of fused-ring (bicyclic) bond motifs is 1. The molecular weight excluding hydrogens is 315 g/mol. The summed E-state index contributed by atoms with van der Waals surface area (Å²) in [5, 5.41) is 18.0. The number of rotatable bonds is 2. The molecular formula is C15H13FN6S. The molecule has 116 valence electrons. The summed E-state index contributed by atoms with van der Waals surface area (Å²) in [5.74, 6) is 0.0601. The van der Waals surface area contributed by atoms with Gasteiger partial charge < -0.3 is 0 Å². The SMILES string of the molecule is Cc1nn(C)c(C)c1-c1nn2c(-c3ccccc3F)nnc2s1. The molecule has 0 amide bonds. The number of nitrogens with zero attached hydrogens (tertiary/aromatic N) is 6. The lowest BCUT2D eigenvalue weighted by Crippen LogP contribution is -1.94. The smallest absolute Gasteiger partial charge is 0.235 e. The fourth-order valence-electron chi connectivity index (χ4n) is 2.61. The Balaban J connectivity index is 1.92. The van der Waals surface area contributed by atoms with Crippen LogP contribution in [-0.4, -0.2) is 29.6 Å². The number of hydrogen-bond acceptors (Lipinski definition) is 5. The molecule has 0 aliphatic rings. The molecule has 3 aromatic heterocycles. The average molecular weight is 328 g/mol. The Morgan fingerprint density at radius 1 is 1.09 bits per heavy atom. The molecule has 4 rings (SSSR count). The maximum atomic E-state index is 14.0. The van der Waals surface area contributed by atoms with E-state index in [0.717, 1.165) is 22.0 Å². The molecule has 0 saturated carbocycles. The summed E-state index contributed by atoms with van der Waals surface area (Å²) in [6.07, 6.45) is 0. The zero-order valence-electron chi connectivity index (χ0n) is 12.8. The quantitative estimate of drug-likeness (QED) is 0.567. The van der Waals surface area contributed by atoms with Crippen molar-refractivity contribution in [2.75, 3.05) is 0 Å². The van der Waals surface area contributed by atoms with Gasteiger partial charge in [-0.1, -0.05) is 23.5 Å². The van der Waals surface area contributed by atoms with Crippen LogP contribution in [0.3, 0.4) is 0 Å². The topological polar surface area (TPSA) is 60.9 Å². The van der Waals surface area contributed by atoms with Crippen LogP contribution in [-0.2, 0) is 7.05 Å². The summed E-state index contributed by atoms with van der Waals surface area (Å²) in [4.78, 5) is 0.626. The molecule has 0 aliphatic heterocycles. The third-order valence-electron chi connectivity index (χ3n) is 3.83. The Morgan fingerprint density at radius 2 is 1.87 bits per heavy atom. The largest absolute Gasteiger partial charge is 0.272 e. The highest BCUT2D eigenvalue weighted by molar-refractivity contribution is 7.19. The molecule has 0 fully saturated rings. The van der Waals surface area contributed by atoms with Gasteiger partial charge in [-0.2, -0.15) is 14.7 Å². The van der Waals surface area contributed by atoms with Crippen molar-refractivity contribution in [1.29, 1.82) is 0 Å². The van der Waals surface area contributed by atoms with E-state index in [9.17, 15) is 4.39 Å². The lowest BCUT2D eigenvalue weighted by Gasteiger charge is -1.99. The molecule has 0 bridgehead atoms. The zero-order chi connectivity index (χ0) is 16.1. The van der Waals surface area contributed by atoms with E-state index in [1.165, 1.54) is 17.4 Å². The highest BCUT2D eigenvalue weighted by Gasteiger charge is 2.20. The van der Waals surface area contributed by atoms with Crippen molar-refractivity contribution in [3.05, 3.63) is 41.5 Å². The second kappa shape index (κ2) is 4.95. The van der Waals surface area contributed by atoms with Gasteiger partial charge in [0, 0.05) is 12.7 Å². The summed E-state index contributed by atoms with van der Waals surface area (Å²) in [7, 11) is 1.90. The highest BCUT2D eigenvalue weighted by atomic mass is 32.1. The molecule has 0 aliphatic carbocycles. The predicted octanol–water partition coefficient (Wildman–Crippen LogP) is 3.01.